The van der Waals surface area contributed by atoms with E-state index in [0.29, 0.717) is 28.8 Å². The van der Waals surface area contributed by atoms with Crippen molar-refractivity contribution in [3.8, 4) is 28.6 Å². The second kappa shape index (κ2) is 6.91. The Morgan fingerprint density at radius 3 is 2.50 bits per heavy atom. The third kappa shape index (κ3) is 3.25. The summed E-state index contributed by atoms with van der Waals surface area (Å²) in [7, 11) is 1.53. The predicted molar refractivity (Wildman–Crippen MR) is 90.7 cm³/mol. The number of aldehydes is 1. The van der Waals surface area contributed by atoms with Crippen LogP contribution in [0, 0.1) is 6.92 Å². The van der Waals surface area contributed by atoms with Crippen molar-refractivity contribution in [2.45, 2.75) is 6.92 Å². The van der Waals surface area contributed by atoms with Gasteiger partial charge in [-0.3, -0.25) is 4.79 Å². The Kier molecular flexibility index (Phi) is 4.52. The van der Waals surface area contributed by atoms with Crippen molar-refractivity contribution in [1.82, 2.24) is 9.97 Å². The summed E-state index contributed by atoms with van der Waals surface area (Å²) in [5, 5.41) is 0. The van der Waals surface area contributed by atoms with Crippen molar-refractivity contribution in [3.05, 3.63) is 66.0 Å². The van der Waals surface area contributed by atoms with E-state index >= 15 is 0 Å². The number of carbonyl (C=O) groups excluding carboxylic acids is 1. The summed E-state index contributed by atoms with van der Waals surface area (Å²) in [6.45, 7) is 1.79. The van der Waals surface area contributed by atoms with Gasteiger partial charge >= 0.3 is 0 Å². The summed E-state index contributed by atoms with van der Waals surface area (Å²) < 4.78 is 11.1. The van der Waals surface area contributed by atoms with Gasteiger partial charge in [0.15, 0.2) is 17.8 Å². The lowest BCUT2D eigenvalue weighted by Gasteiger charge is -2.12. The Hall–Kier alpha value is -3.21. The second-order valence-corrected chi connectivity index (χ2v) is 5.10. The first kappa shape index (κ1) is 15.7. The summed E-state index contributed by atoms with van der Waals surface area (Å²) >= 11 is 0. The van der Waals surface area contributed by atoms with Crippen molar-refractivity contribution in [3.63, 3.8) is 0 Å². The van der Waals surface area contributed by atoms with Gasteiger partial charge in [0.1, 0.15) is 5.82 Å². The first-order chi connectivity index (χ1) is 11.7. The van der Waals surface area contributed by atoms with Gasteiger partial charge in [-0.25, -0.2) is 4.98 Å². The third-order valence-electron chi connectivity index (χ3n) is 3.45. The van der Waals surface area contributed by atoms with Crippen LogP contribution in [0.1, 0.15) is 16.2 Å². The van der Waals surface area contributed by atoms with E-state index < -0.39 is 0 Å². The van der Waals surface area contributed by atoms with Gasteiger partial charge < -0.3 is 9.47 Å². The Morgan fingerprint density at radius 1 is 1.00 bits per heavy atom. The summed E-state index contributed by atoms with van der Waals surface area (Å²) in [4.78, 5) is 20.0. The molecule has 0 saturated carbocycles. The number of ether oxygens (including phenoxy) is 2. The van der Waals surface area contributed by atoms with Crippen LogP contribution < -0.4 is 9.47 Å². The Morgan fingerprint density at radius 2 is 1.79 bits per heavy atom. The molecular formula is C19H16N2O3. The molecule has 120 valence electrons. The molecule has 0 fully saturated rings. The Balaban J connectivity index is 2.03. The van der Waals surface area contributed by atoms with Gasteiger partial charge in [-0.1, -0.05) is 36.4 Å². The molecule has 3 rings (SSSR count). The van der Waals surface area contributed by atoms with Gasteiger partial charge in [-0.05, 0) is 19.1 Å². The number of para-hydroxylation sites is 1. The highest BCUT2D eigenvalue weighted by Crippen LogP contribution is 2.34. The smallest absolute Gasteiger partial charge is 0.223 e. The number of carbonyl (C=O) groups is 1. The lowest BCUT2D eigenvalue weighted by molar-refractivity contribution is 0.112. The van der Waals surface area contributed by atoms with Crippen molar-refractivity contribution in [2.75, 3.05) is 7.11 Å². The van der Waals surface area contributed by atoms with Crippen molar-refractivity contribution < 1.29 is 14.3 Å². The number of rotatable bonds is 5. The first-order valence-corrected chi connectivity index (χ1v) is 7.42. The molecule has 0 N–H and O–H groups in total. The number of methoxy groups -OCH3 is 1. The van der Waals surface area contributed by atoms with Crippen LogP contribution in [0.15, 0.2) is 54.6 Å². The highest BCUT2D eigenvalue weighted by molar-refractivity contribution is 5.81. The normalized spacial score (nSPS) is 10.2. The molecule has 0 aliphatic carbocycles. The maximum absolute atomic E-state index is 11.3. The lowest BCUT2D eigenvalue weighted by Crippen LogP contribution is -1.99. The lowest BCUT2D eigenvalue weighted by atomic mass is 10.1. The van der Waals surface area contributed by atoms with E-state index in [1.807, 2.05) is 30.3 Å². The highest BCUT2D eigenvalue weighted by Gasteiger charge is 2.13. The molecule has 0 unspecified atom stereocenters. The van der Waals surface area contributed by atoms with Crippen molar-refractivity contribution >= 4 is 6.29 Å². The van der Waals surface area contributed by atoms with E-state index in [1.165, 1.54) is 7.11 Å². The molecule has 0 atom stereocenters. The molecule has 0 amide bonds. The molecule has 0 aliphatic rings. The van der Waals surface area contributed by atoms with Crippen LogP contribution in [0.2, 0.25) is 0 Å². The third-order valence-corrected chi connectivity index (χ3v) is 3.45. The van der Waals surface area contributed by atoms with Crippen molar-refractivity contribution in [1.29, 1.82) is 0 Å². The summed E-state index contributed by atoms with van der Waals surface area (Å²) in [6.07, 6.45) is 0.726. The molecule has 0 spiro atoms. The molecule has 0 saturated heterocycles. The van der Waals surface area contributed by atoms with Gasteiger partial charge in [0.2, 0.25) is 5.88 Å². The van der Waals surface area contributed by atoms with Gasteiger partial charge in [0.05, 0.1) is 18.4 Å². The average Bonchev–Trinajstić information content (AvgIpc) is 2.62. The fourth-order valence-corrected chi connectivity index (χ4v) is 2.35. The minimum atomic E-state index is 0.340. The fourth-order valence-electron chi connectivity index (χ4n) is 2.35. The predicted octanol–water partition coefficient (Wildman–Crippen LogP) is 4.07. The Bertz CT molecular complexity index is 864. The molecular weight excluding hydrogens is 304 g/mol. The number of nitrogens with zero attached hydrogens (tertiary/aromatic N) is 2. The minimum Gasteiger partial charge on any atom is -0.493 e. The number of aromatic nitrogens is 2. The van der Waals surface area contributed by atoms with E-state index in [2.05, 4.69) is 9.97 Å². The zero-order valence-electron chi connectivity index (χ0n) is 13.4. The maximum Gasteiger partial charge on any atom is 0.223 e. The zero-order valence-corrected chi connectivity index (χ0v) is 13.4. The van der Waals surface area contributed by atoms with Crippen molar-refractivity contribution in [2.24, 2.45) is 0 Å². The topological polar surface area (TPSA) is 61.3 Å². The first-order valence-electron chi connectivity index (χ1n) is 7.42. The highest BCUT2D eigenvalue weighted by atomic mass is 16.5. The number of benzene rings is 2. The zero-order chi connectivity index (χ0) is 16.9. The van der Waals surface area contributed by atoms with Gasteiger partial charge in [0.25, 0.3) is 0 Å². The van der Waals surface area contributed by atoms with Crippen LogP contribution >= 0.6 is 0 Å². The summed E-state index contributed by atoms with van der Waals surface area (Å²) in [5.41, 5.74) is 2.11. The quantitative estimate of drug-likeness (QED) is 0.663. The fraction of sp³-hybridized carbons (Fsp3) is 0.105. The van der Waals surface area contributed by atoms with Crippen LogP contribution in [0.5, 0.6) is 17.4 Å². The van der Waals surface area contributed by atoms with Gasteiger partial charge in [0, 0.05) is 11.6 Å². The standard InChI is InChI=1S/C19H16N2O3/c1-13-20-16(14-7-4-3-5-8-14)11-18(21-13)24-19-15(12-22)9-6-10-17(19)23-2/h3-12H,1-2H3. The molecule has 1 aromatic heterocycles. The molecule has 24 heavy (non-hydrogen) atoms. The minimum absolute atomic E-state index is 0.340. The van der Waals surface area contributed by atoms with E-state index in [0.717, 1.165) is 17.5 Å². The van der Waals surface area contributed by atoms with Gasteiger partial charge in [-0.2, -0.15) is 4.98 Å². The van der Waals surface area contributed by atoms with Crippen LogP contribution in [0.25, 0.3) is 11.3 Å². The van der Waals surface area contributed by atoms with E-state index in [4.69, 9.17) is 9.47 Å². The summed E-state index contributed by atoms with van der Waals surface area (Å²) in [6, 6.07) is 16.6. The average molecular weight is 320 g/mol. The van der Waals surface area contributed by atoms with Gasteiger partial charge in [-0.15, -0.1) is 0 Å². The monoisotopic (exact) mass is 320 g/mol. The molecule has 2 aromatic carbocycles. The molecule has 3 aromatic rings. The molecule has 0 aliphatic heterocycles. The van der Waals surface area contributed by atoms with E-state index in [9.17, 15) is 4.79 Å². The van der Waals surface area contributed by atoms with Crippen LogP contribution in [-0.2, 0) is 0 Å². The SMILES string of the molecule is COc1cccc(C=O)c1Oc1cc(-c2ccccc2)nc(C)n1. The number of hydrogen-bond acceptors (Lipinski definition) is 5. The van der Waals surface area contributed by atoms with E-state index in [-0.39, 0.29) is 0 Å². The molecule has 0 radical (unpaired) electrons. The van der Waals surface area contributed by atoms with Crippen LogP contribution in [0.4, 0.5) is 0 Å². The second-order valence-electron chi connectivity index (χ2n) is 5.10. The van der Waals surface area contributed by atoms with Crippen LogP contribution in [-0.4, -0.2) is 23.4 Å². The molecule has 0 bridgehead atoms. The Labute approximate surface area is 139 Å². The maximum atomic E-state index is 11.3. The largest absolute Gasteiger partial charge is 0.493 e. The summed E-state index contributed by atoms with van der Waals surface area (Å²) in [5.74, 6) is 1.74. The van der Waals surface area contributed by atoms with Crippen LogP contribution in [0.3, 0.4) is 0 Å². The molecule has 5 heteroatoms. The molecule has 5 nitrogen and oxygen atoms in total. The number of aryl methyl sites for hydroxylation is 1. The number of hydrogen-bond donors (Lipinski definition) is 0. The molecule has 1 heterocycles. The van der Waals surface area contributed by atoms with E-state index in [1.54, 1.807) is 31.2 Å².